The van der Waals surface area contributed by atoms with Crippen LogP contribution < -0.4 is 10.7 Å². The number of hydrogen-bond acceptors (Lipinski definition) is 4. The Hall–Kier alpha value is -2.68. The number of benzene rings is 1. The minimum absolute atomic E-state index is 0.201. The first-order valence-electron chi connectivity index (χ1n) is 10.8. The van der Waals surface area contributed by atoms with Gasteiger partial charge in [-0.15, -0.1) is 0 Å². The van der Waals surface area contributed by atoms with Crippen LogP contribution in [0.3, 0.4) is 0 Å². The zero-order valence-corrected chi connectivity index (χ0v) is 18.7. The number of carbonyl (C=O) groups is 1. The molecule has 1 aromatic heterocycles. The highest BCUT2D eigenvalue weighted by Gasteiger charge is 2.34. The number of likely N-dealkylation sites (tertiary alicyclic amines) is 1. The zero-order valence-electron chi connectivity index (χ0n) is 18.7. The van der Waals surface area contributed by atoms with E-state index in [0.717, 1.165) is 29.9 Å². The Morgan fingerprint density at radius 2 is 1.84 bits per heavy atom. The van der Waals surface area contributed by atoms with Crippen molar-refractivity contribution in [2.24, 2.45) is 11.8 Å². The summed E-state index contributed by atoms with van der Waals surface area (Å²) >= 11 is 0. The van der Waals surface area contributed by atoms with Crippen molar-refractivity contribution in [3.63, 3.8) is 0 Å². The lowest BCUT2D eigenvalue weighted by Crippen LogP contribution is -2.47. The molecule has 6 nitrogen and oxygen atoms in total. The van der Waals surface area contributed by atoms with Crippen molar-refractivity contribution in [1.29, 1.82) is 0 Å². The molecule has 9 heteroatoms. The number of alkyl halides is 3. The van der Waals surface area contributed by atoms with E-state index in [-0.39, 0.29) is 17.4 Å². The van der Waals surface area contributed by atoms with Crippen molar-refractivity contribution < 1.29 is 18.0 Å². The van der Waals surface area contributed by atoms with Crippen molar-refractivity contribution in [3.8, 4) is 5.69 Å². The molecule has 1 saturated heterocycles. The average molecular weight is 451 g/mol. The molecular formula is C23H29F3N4O2. The van der Waals surface area contributed by atoms with Crippen molar-refractivity contribution in [3.05, 3.63) is 57.5 Å². The first-order chi connectivity index (χ1) is 15.0. The fourth-order valence-electron chi connectivity index (χ4n) is 4.51. The van der Waals surface area contributed by atoms with Gasteiger partial charge in [-0.3, -0.25) is 9.59 Å². The molecule has 0 bridgehead atoms. The molecule has 2 heterocycles. The van der Waals surface area contributed by atoms with Gasteiger partial charge >= 0.3 is 6.18 Å². The Morgan fingerprint density at radius 3 is 2.47 bits per heavy atom. The molecule has 174 valence electrons. The Bertz CT molecular complexity index is 1020. The normalized spacial score (nSPS) is 20.7. The van der Waals surface area contributed by atoms with Crippen LogP contribution in [-0.4, -0.2) is 46.3 Å². The maximum Gasteiger partial charge on any atom is 0.418 e. The number of piperidine rings is 1. The Balaban J connectivity index is 1.83. The van der Waals surface area contributed by atoms with E-state index in [1.807, 2.05) is 6.92 Å². The van der Waals surface area contributed by atoms with Crippen LogP contribution in [0.15, 0.2) is 35.1 Å². The summed E-state index contributed by atoms with van der Waals surface area (Å²) < 4.78 is 41.4. The zero-order chi connectivity index (χ0) is 23.6. The van der Waals surface area contributed by atoms with E-state index < -0.39 is 28.8 Å². The van der Waals surface area contributed by atoms with Crippen LogP contribution in [0.4, 0.5) is 13.2 Å². The lowest BCUT2D eigenvalue weighted by atomic mass is 9.92. The second kappa shape index (κ2) is 9.44. The summed E-state index contributed by atoms with van der Waals surface area (Å²) in [7, 11) is 0. The molecule has 1 aromatic carbocycles. The van der Waals surface area contributed by atoms with Gasteiger partial charge in [0.05, 0.1) is 11.3 Å². The van der Waals surface area contributed by atoms with Crippen LogP contribution in [0.2, 0.25) is 0 Å². The standard InChI is InChI=1S/C23H29F3N4O2/c1-14-9-15(2)12-29(11-14)13-16(3)27-22(32)21-20(31)10-17(4)30(28-21)19-8-6-5-7-18(19)23(24,25)26/h5-8,10,14-16H,9,11-13H2,1-4H3,(H,27,32)/t14-,15+,16-/m0/s1. The van der Waals surface area contributed by atoms with Crippen molar-refractivity contribution >= 4 is 5.91 Å². The van der Waals surface area contributed by atoms with Crippen LogP contribution in [0.25, 0.3) is 5.69 Å². The van der Waals surface area contributed by atoms with Crippen molar-refractivity contribution in [1.82, 2.24) is 20.0 Å². The van der Waals surface area contributed by atoms with Crippen LogP contribution in [-0.2, 0) is 6.18 Å². The monoisotopic (exact) mass is 450 g/mol. The number of para-hydroxylation sites is 1. The van der Waals surface area contributed by atoms with Gasteiger partial charge in [-0.1, -0.05) is 26.0 Å². The minimum Gasteiger partial charge on any atom is -0.347 e. The first kappa shape index (κ1) is 24.0. The van der Waals surface area contributed by atoms with Crippen LogP contribution in [0.5, 0.6) is 0 Å². The second-order valence-electron chi connectivity index (χ2n) is 8.96. The maximum absolute atomic E-state index is 13.5. The van der Waals surface area contributed by atoms with Gasteiger partial charge in [0, 0.05) is 37.4 Å². The Labute approximate surface area is 185 Å². The number of hydrogen-bond donors (Lipinski definition) is 1. The molecule has 3 atom stereocenters. The molecule has 1 amide bonds. The van der Waals surface area contributed by atoms with E-state index in [2.05, 4.69) is 29.2 Å². The quantitative estimate of drug-likeness (QED) is 0.755. The van der Waals surface area contributed by atoms with E-state index in [9.17, 15) is 22.8 Å². The number of nitrogens with zero attached hydrogens (tertiary/aromatic N) is 3. The highest BCUT2D eigenvalue weighted by atomic mass is 19.4. The molecule has 2 aromatic rings. The van der Waals surface area contributed by atoms with Gasteiger partial charge in [0.15, 0.2) is 5.69 Å². The number of nitrogens with one attached hydrogen (secondary N) is 1. The highest BCUT2D eigenvalue weighted by molar-refractivity contribution is 5.92. The molecule has 1 aliphatic heterocycles. The lowest BCUT2D eigenvalue weighted by molar-refractivity contribution is -0.137. The predicted molar refractivity (Wildman–Crippen MR) is 116 cm³/mol. The van der Waals surface area contributed by atoms with E-state index in [0.29, 0.717) is 18.4 Å². The number of aromatic nitrogens is 2. The number of carbonyl (C=O) groups excluding carboxylic acids is 1. The molecule has 32 heavy (non-hydrogen) atoms. The summed E-state index contributed by atoms with van der Waals surface area (Å²) in [6.07, 6.45) is -3.43. The van der Waals surface area contributed by atoms with E-state index in [1.165, 1.54) is 31.5 Å². The van der Waals surface area contributed by atoms with Crippen molar-refractivity contribution in [2.45, 2.75) is 46.3 Å². The molecular weight excluding hydrogens is 421 g/mol. The van der Waals surface area contributed by atoms with Gasteiger partial charge in [0.2, 0.25) is 5.43 Å². The second-order valence-corrected chi connectivity index (χ2v) is 8.96. The topological polar surface area (TPSA) is 67.2 Å². The summed E-state index contributed by atoms with van der Waals surface area (Å²) in [4.78, 5) is 27.5. The smallest absolute Gasteiger partial charge is 0.347 e. The number of amides is 1. The fourth-order valence-corrected chi connectivity index (χ4v) is 4.51. The molecule has 1 N–H and O–H groups in total. The summed E-state index contributed by atoms with van der Waals surface area (Å²) in [5.74, 6) is 0.446. The molecule has 0 spiro atoms. The fraction of sp³-hybridized carbons (Fsp3) is 0.522. The molecule has 0 saturated carbocycles. The molecule has 1 aliphatic rings. The van der Waals surface area contributed by atoms with E-state index >= 15 is 0 Å². The summed E-state index contributed by atoms with van der Waals surface area (Å²) in [5, 5.41) is 6.80. The summed E-state index contributed by atoms with van der Waals surface area (Å²) in [6, 6.07) is 5.81. The number of rotatable bonds is 5. The first-order valence-corrected chi connectivity index (χ1v) is 10.8. The van der Waals surface area contributed by atoms with Crippen LogP contribution >= 0.6 is 0 Å². The third kappa shape index (κ3) is 5.56. The van der Waals surface area contributed by atoms with Crippen LogP contribution in [0, 0.1) is 18.8 Å². The summed E-state index contributed by atoms with van der Waals surface area (Å²) in [5.41, 5.74) is -2.00. The molecule has 0 unspecified atom stereocenters. The van der Waals surface area contributed by atoms with Crippen molar-refractivity contribution in [2.75, 3.05) is 19.6 Å². The lowest BCUT2D eigenvalue weighted by Gasteiger charge is -2.36. The minimum atomic E-state index is -4.60. The third-order valence-electron chi connectivity index (χ3n) is 5.61. The number of halogens is 3. The van der Waals surface area contributed by atoms with Gasteiger partial charge in [-0.2, -0.15) is 18.3 Å². The average Bonchev–Trinajstić information content (AvgIpc) is 2.66. The van der Waals surface area contributed by atoms with Crippen LogP contribution in [0.1, 0.15) is 48.9 Å². The highest BCUT2D eigenvalue weighted by Crippen LogP contribution is 2.33. The molecule has 1 fully saturated rings. The molecule has 0 aliphatic carbocycles. The van der Waals surface area contributed by atoms with Gasteiger partial charge in [-0.05, 0) is 44.2 Å². The summed E-state index contributed by atoms with van der Waals surface area (Å²) in [6.45, 7) is 10.2. The largest absolute Gasteiger partial charge is 0.418 e. The van der Waals surface area contributed by atoms with Gasteiger partial charge in [-0.25, -0.2) is 4.68 Å². The molecule has 3 rings (SSSR count). The Morgan fingerprint density at radius 1 is 1.22 bits per heavy atom. The molecule has 0 radical (unpaired) electrons. The number of aryl methyl sites for hydroxylation is 1. The van der Waals surface area contributed by atoms with E-state index in [4.69, 9.17) is 0 Å². The Kier molecular flexibility index (Phi) is 7.07. The van der Waals surface area contributed by atoms with Gasteiger partial charge < -0.3 is 10.2 Å². The van der Waals surface area contributed by atoms with Gasteiger partial charge in [0.1, 0.15) is 0 Å². The van der Waals surface area contributed by atoms with Gasteiger partial charge in [0.25, 0.3) is 5.91 Å². The van der Waals surface area contributed by atoms with E-state index in [1.54, 1.807) is 0 Å². The SMILES string of the molecule is Cc1cc(=O)c(C(=O)N[C@@H](C)CN2C[C@H](C)C[C@H](C)C2)nn1-c1ccccc1C(F)(F)F. The third-order valence-corrected chi connectivity index (χ3v) is 5.61. The predicted octanol–water partition coefficient (Wildman–Crippen LogP) is 3.66. The maximum atomic E-state index is 13.5.